The Balaban J connectivity index is 1.95. The van der Waals surface area contributed by atoms with Crippen LogP contribution in [0.2, 0.25) is 0 Å². The van der Waals surface area contributed by atoms with Gasteiger partial charge in [0.15, 0.2) is 0 Å². The summed E-state index contributed by atoms with van der Waals surface area (Å²) in [6.45, 7) is 4.33. The lowest BCUT2D eigenvalue weighted by Gasteiger charge is -2.28. The number of likely N-dealkylation sites (N-methyl/N-ethyl adjacent to an activating group) is 1. The highest BCUT2D eigenvalue weighted by molar-refractivity contribution is 8.06. The summed E-state index contributed by atoms with van der Waals surface area (Å²) in [5.41, 5.74) is 1.21. The van der Waals surface area contributed by atoms with Gasteiger partial charge in [-0.15, -0.1) is 0 Å². The Kier molecular flexibility index (Phi) is 5.45. The highest BCUT2D eigenvalue weighted by atomic mass is 32.2. The minimum atomic E-state index is 0.450. The van der Waals surface area contributed by atoms with E-state index >= 15 is 0 Å². The summed E-state index contributed by atoms with van der Waals surface area (Å²) in [6, 6.07) is 3.15. The van der Waals surface area contributed by atoms with Crippen LogP contribution in [0.25, 0.3) is 0 Å². The summed E-state index contributed by atoms with van der Waals surface area (Å²) in [7, 11) is 2.07. The third-order valence-corrected chi connectivity index (χ3v) is 6.20. The Morgan fingerprint density at radius 3 is 2.89 bits per heavy atom. The van der Waals surface area contributed by atoms with Gasteiger partial charge in [-0.3, -0.25) is 4.68 Å². The van der Waals surface area contributed by atoms with Gasteiger partial charge in [0.2, 0.25) is 0 Å². The van der Waals surface area contributed by atoms with E-state index in [4.69, 9.17) is 0 Å². The molecule has 0 spiro atoms. The largest absolute Gasteiger partial charge is 0.315 e. The highest BCUT2D eigenvalue weighted by Gasteiger charge is 2.24. The van der Waals surface area contributed by atoms with Crippen LogP contribution >= 0.6 is 23.5 Å². The van der Waals surface area contributed by atoms with E-state index in [-0.39, 0.29) is 0 Å². The zero-order chi connectivity index (χ0) is 13.0. The summed E-state index contributed by atoms with van der Waals surface area (Å²) >= 11 is 4.19. The number of thioether (sulfide) groups is 2. The molecule has 2 atom stereocenters. The minimum Gasteiger partial charge on any atom is -0.315 e. The molecule has 1 saturated heterocycles. The number of nitrogens with one attached hydrogen (secondary N) is 1. The minimum absolute atomic E-state index is 0.450. The second-order valence-corrected chi connectivity index (χ2v) is 7.46. The lowest BCUT2D eigenvalue weighted by molar-refractivity contribution is 0.508. The van der Waals surface area contributed by atoms with Gasteiger partial charge in [-0.1, -0.05) is 0 Å². The molecule has 2 rings (SSSR count). The van der Waals surface area contributed by atoms with E-state index < -0.39 is 0 Å². The van der Waals surface area contributed by atoms with E-state index in [1.165, 1.54) is 23.0 Å². The molecule has 0 aromatic carbocycles. The second kappa shape index (κ2) is 6.87. The number of rotatable bonds is 5. The Bertz CT molecular complexity index is 359. The first-order valence-electron chi connectivity index (χ1n) is 6.61. The normalized spacial score (nSPS) is 22.3. The van der Waals surface area contributed by atoms with Crippen LogP contribution in [0.3, 0.4) is 0 Å². The monoisotopic (exact) mass is 285 g/mol. The summed E-state index contributed by atoms with van der Waals surface area (Å²) in [5.74, 6) is 3.86. The number of nitrogens with zero attached hydrogens (tertiary/aromatic N) is 2. The fourth-order valence-electron chi connectivity index (χ4n) is 2.16. The van der Waals surface area contributed by atoms with Gasteiger partial charge in [-0.25, -0.2) is 0 Å². The zero-order valence-corrected chi connectivity index (χ0v) is 13.1. The number of hydrogen-bond acceptors (Lipinski definition) is 4. The molecule has 1 aliphatic rings. The van der Waals surface area contributed by atoms with Crippen molar-refractivity contribution in [2.24, 2.45) is 0 Å². The maximum absolute atomic E-state index is 4.65. The number of aromatic nitrogens is 2. The predicted molar refractivity (Wildman–Crippen MR) is 82.7 cm³/mol. The predicted octanol–water partition coefficient (Wildman–Crippen LogP) is 2.44. The van der Waals surface area contributed by atoms with Crippen molar-refractivity contribution in [3.05, 3.63) is 18.0 Å². The van der Waals surface area contributed by atoms with Crippen LogP contribution < -0.4 is 5.32 Å². The maximum Gasteiger partial charge on any atom is 0.0640 e. The third-order valence-electron chi connectivity index (χ3n) is 3.28. The zero-order valence-electron chi connectivity index (χ0n) is 11.4. The van der Waals surface area contributed by atoms with Crippen LogP contribution in [0.5, 0.6) is 0 Å². The molecule has 1 N–H and O–H groups in total. The molecule has 3 nitrogen and oxygen atoms in total. The van der Waals surface area contributed by atoms with Crippen LogP contribution in [-0.4, -0.2) is 45.4 Å². The smallest absolute Gasteiger partial charge is 0.0640 e. The van der Waals surface area contributed by atoms with Crippen LogP contribution in [0, 0.1) is 0 Å². The standard InChI is InChI=1S/C13H23N3S2/c1-10(2)16-5-4-11(15-16)8-12(14-3)13-9-17-6-7-18-13/h4-5,10,12-14H,6-9H2,1-3H3. The van der Waals surface area contributed by atoms with Crippen molar-refractivity contribution in [3.63, 3.8) is 0 Å². The Hall–Kier alpha value is -0.130. The average molecular weight is 285 g/mol. The van der Waals surface area contributed by atoms with Gasteiger partial charge in [0.25, 0.3) is 0 Å². The fraction of sp³-hybridized carbons (Fsp3) is 0.769. The molecule has 0 aliphatic carbocycles. The van der Waals surface area contributed by atoms with Crippen LogP contribution in [-0.2, 0) is 6.42 Å². The van der Waals surface area contributed by atoms with Gasteiger partial charge in [0, 0.05) is 47.2 Å². The summed E-state index contributed by atoms with van der Waals surface area (Å²) in [5, 5.41) is 8.85. The molecule has 1 aromatic heterocycles. The molecule has 2 heterocycles. The topological polar surface area (TPSA) is 29.9 Å². The van der Waals surface area contributed by atoms with Crippen molar-refractivity contribution >= 4 is 23.5 Å². The third kappa shape index (κ3) is 3.68. The van der Waals surface area contributed by atoms with Gasteiger partial charge in [0.05, 0.1) is 5.69 Å². The Morgan fingerprint density at radius 1 is 1.50 bits per heavy atom. The fourth-order valence-corrected chi connectivity index (χ4v) is 5.09. The molecule has 0 radical (unpaired) electrons. The molecule has 2 unspecified atom stereocenters. The molecule has 0 amide bonds. The molecule has 0 bridgehead atoms. The molecule has 18 heavy (non-hydrogen) atoms. The Labute approximate surface area is 118 Å². The van der Waals surface area contributed by atoms with Gasteiger partial charge >= 0.3 is 0 Å². The van der Waals surface area contributed by atoms with Crippen molar-refractivity contribution in [1.29, 1.82) is 0 Å². The molecule has 0 saturated carbocycles. The first kappa shape index (κ1) is 14.3. The quantitative estimate of drug-likeness (QED) is 0.900. The van der Waals surface area contributed by atoms with Gasteiger partial charge in [-0.05, 0) is 27.0 Å². The van der Waals surface area contributed by atoms with Crippen molar-refractivity contribution in [2.45, 2.75) is 37.6 Å². The van der Waals surface area contributed by atoms with Gasteiger partial charge in [0.1, 0.15) is 0 Å². The van der Waals surface area contributed by atoms with E-state index in [0.29, 0.717) is 12.1 Å². The summed E-state index contributed by atoms with van der Waals surface area (Å²) in [6.07, 6.45) is 3.13. The van der Waals surface area contributed by atoms with Crippen molar-refractivity contribution < 1.29 is 0 Å². The molecular formula is C13H23N3S2. The second-order valence-electron chi connectivity index (χ2n) is 4.96. The lowest BCUT2D eigenvalue weighted by atomic mass is 10.1. The van der Waals surface area contributed by atoms with Crippen molar-refractivity contribution in [2.75, 3.05) is 24.3 Å². The molecule has 1 fully saturated rings. The van der Waals surface area contributed by atoms with Crippen LogP contribution in [0.4, 0.5) is 0 Å². The molecule has 1 aliphatic heterocycles. The summed E-state index contributed by atoms with van der Waals surface area (Å²) in [4.78, 5) is 0. The van der Waals surface area contributed by atoms with Crippen LogP contribution in [0.15, 0.2) is 12.3 Å². The lowest BCUT2D eigenvalue weighted by Crippen LogP contribution is -2.40. The molecule has 1 aromatic rings. The van der Waals surface area contributed by atoms with Gasteiger partial charge < -0.3 is 5.32 Å². The first-order chi connectivity index (χ1) is 8.70. The maximum atomic E-state index is 4.65. The highest BCUT2D eigenvalue weighted by Crippen LogP contribution is 2.27. The van der Waals surface area contributed by atoms with E-state index in [1.807, 2.05) is 4.68 Å². The van der Waals surface area contributed by atoms with Crippen molar-refractivity contribution in [3.8, 4) is 0 Å². The molecular weight excluding hydrogens is 262 g/mol. The van der Waals surface area contributed by atoms with E-state index in [2.05, 4.69) is 67.1 Å². The SMILES string of the molecule is CNC(Cc1ccn(C(C)C)n1)C1CSCCS1. The first-order valence-corrected chi connectivity index (χ1v) is 8.81. The molecule has 5 heteroatoms. The van der Waals surface area contributed by atoms with Gasteiger partial charge in [-0.2, -0.15) is 28.6 Å². The number of hydrogen-bond donors (Lipinski definition) is 1. The van der Waals surface area contributed by atoms with Crippen LogP contribution in [0.1, 0.15) is 25.6 Å². The molecule has 102 valence electrons. The van der Waals surface area contributed by atoms with E-state index in [9.17, 15) is 0 Å². The van der Waals surface area contributed by atoms with E-state index in [1.54, 1.807) is 0 Å². The van der Waals surface area contributed by atoms with Crippen molar-refractivity contribution in [1.82, 2.24) is 15.1 Å². The Morgan fingerprint density at radius 2 is 2.33 bits per heavy atom. The van der Waals surface area contributed by atoms with E-state index in [0.717, 1.165) is 11.7 Å². The summed E-state index contributed by atoms with van der Waals surface area (Å²) < 4.78 is 2.05. The average Bonchev–Trinajstić information content (AvgIpc) is 2.86.